The number of fused-ring (bicyclic) bond motifs is 1. The molecule has 3 aromatic carbocycles. The molecule has 0 spiro atoms. The molecule has 0 bridgehead atoms. The van der Waals surface area contributed by atoms with Crippen LogP contribution in [-0.4, -0.2) is 63.1 Å². The molecule has 1 unspecified atom stereocenters. The van der Waals surface area contributed by atoms with Crippen molar-refractivity contribution >= 4 is 22.1 Å². The van der Waals surface area contributed by atoms with E-state index in [9.17, 15) is 18.4 Å². The number of Topliss-reactive ketones (excluding diaryl/α,β-unsaturated/α-hetero) is 1. The van der Waals surface area contributed by atoms with Gasteiger partial charge in [0.1, 0.15) is 0 Å². The largest absolute Gasteiger partial charge is 0.340 e. The summed E-state index contributed by atoms with van der Waals surface area (Å²) < 4.78 is 25.4. The molecule has 38 heavy (non-hydrogen) atoms. The van der Waals surface area contributed by atoms with E-state index in [0.717, 1.165) is 31.6 Å². The van der Waals surface area contributed by atoms with Crippen LogP contribution in [0, 0.1) is 0 Å². The molecular weight excluding hydrogens is 498 g/mol. The van der Waals surface area contributed by atoms with E-state index in [1.165, 1.54) is 27.9 Å². The predicted octanol–water partition coefficient (Wildman–Crippen LogP) is 4.08. The van der Waals surface area contributed by atoms with Crippen LogP contribution >= 0.6 is 0 Å². The first-order chi connectivity index (χ1) is 18.3. The van der Waals surface area contributed by atoms with Crippen LogP contribution in [0.25, 0.3) is 0 Å². The average Bonchev–Trinajstić information content (AvgIpc) is 2.93. The predicted molar refractivity (Wildman–Crippen MR) is 148 cm³/mol. The summed E-state index contributed by atoms with van der Waals surface area (Å²) >= 11 is 0. The van der Waals surface area contributed by atoms with Gasteiger partial charge >= 0.3 is 10.4 Å². The van der Waals surface area contributed by atoms with E-state index in [0.29, 0.717) is 36.6 Å². The molecule has 5 rings (SSSR count). The van der Waals surface area contributed by atoms with Crippen molar-refractivity contribution in [2.24, 2.45) is 0 Å². The molecule has 0 radical (unpaired) electrons. The number of benzene rings is 3. The van der Waals surface area contributed by atoms with Gasteiger partial charge in [-0.3, -0.25) is 14.5 Å². The van der Waals surface area contributed by atoms with Gasteiger partial charge in [0.15, 0.2) is 5.78 Å². The van der Waals surface area contributed by atoms with Crippen molar-refractivity contribution in [3.8, 4) is 0 Å². The van der Waals surface area contributed by atoms with Crippen LogP contribution < -0.4 is 0 Å². The van der Waals surface area contributed by atoms with E-state index in [2.05, 4.69) is 29.2 Å². The van der Waals surface area contributed by atoms with Crippen molar-refractivity contribution in [3.05, 3.63) is 101 Å². The van der Waals surface area contributed by atoms with E-state index in [1.807, 2.05) is 24.3 Å². The van der Waals surface area contributed by atoms with Gasteiger partial charge in [0.05, 0.1) is 13.1 Å². The Labute approximate surface area is 225 Å². The van der Waals surface area contributed by atoms with Gasteiger partial charge in [0, 0.05) is 51.6 Å². The highest BCUT2D eigenvalue weighted by Gasteiger charge is 2.40. The second kappa shape index (κ2) is 11.3. The molecule has 1 amide bonds. The standard InChI is InChI=1S/C30H33N3O4S/c1-23(34)32-16-18-33(19-17-32)38(36,37)29-12-8-24(9-13-29)20-30(35)27-10-6-25(7-11-27)21-31-15-14-26-4-2-3-5-28(26)22-31/h2-13H,14-22H2,1H3/p+1. The fourth-order valence-corrected chi connectivity index (χ4v) is 6.66. The van der Waals surface area contributed by atoms with Gasteiger partial charge in [-0.05, 0) is 45.0 Å². The first-order valence-electron chi connectivity index (χ1n) is 13.1. The third-order valence-corrected chi connectivity index (χ3v) is 9.47. The molecule has 0 aromatic heterocycles. The van der Waals surface area contributed by atoms with E-state index >= 15 is 0 Å². The van der Waals surface area contributed by atoms with Crippen LogP contribution in [0.1, 0.15) is 39.5 Å². The SMILES string of the molecule is CC(=O)N1CCN([S+](=O)(O)c2ccc(CC(=O)c3ccc(CN4CCc5ccccc5C4)cc3)cc2)CC1. The maximum absolute atomic E-state index is 13.1. The summed E-state index contributed by atoms with van der Waals surface area (Å²) in [6.07, 6.45) is 1.29. The van der Waals surface area contributed by atoms with Crippen molar-refractivity contribution < 1.29 is 18.4 Å². The molecular formula is C30H34N3O4S+. The molecule has 1 fully saturated rings. The molecule has 1 saturated heterocycles. The minimum absolute atomic E-state index is 0.0151. The number of hydrogen-bond acceptors (Lipinski definition) is 4. The number of nitrogens with zero attached hydrogens (tertiary/aromatic N) is 3. The molecule has 198 valence electrons. The molecule has 0 aliphatic carbocycles. The molecule has 2 aliphatic rings. The Kier molecular flexibility index (Phi) is 7.85. The molecule has 8 heteroatoms. The fraction of sp³-hybridized carbons (Fsp3) is 0.333. The number of piperazine rings is 1. The minimum Gasteiger partial charge on any atom is -0.340 e. The lowest BCUT2D eigenvalue weighted by atomic mass is 9.99. The lowest BCUT2D eigenvalue weighted by Crippen LogP contribution is -2.51. The highest BCUT2D eigenvalue weighted by molar-refractivity contribution is 7.95. The van der Waals surface area contributed by atoms with Gasteiger partial charge in [-0.15, -0.1) is 0 Å². The van der Waals surface area contributed by atoms with Crippen molar-refractivity contribution in [3.63, 3.8) is 0 Å². The van der Waals surface area contributed by atoms with Crippen LogP contribution in [0.15, 0.2) is 77.7 Å². The molecule has 0 saturated carbocycles. The molecule has 7 nitrogen and oxygen atoms in total. The monoisotopic (exact) mass is 532 g/mol. The number of ketones is 1. The van der Waals surface area contributed by atoms with Crippen molar-refractivity contribution in [2.45, 2.75) is 37.8 Å². The second-order valence-electron chi connectivity index (χ2n) is 10.1. The number of carbonyl (C=O) groups is 2. The zero-order valence-electron chi connectivity index (χ0n) is 21.7. The average molecular weight is 533 g/mol. The first kappa shape index (κ1) is 26.4. The van der Waals surface area contributed by atoms with Crippen LogP contribution in [-0.2, 0) is 45.3 Å². The van der Waals surface area contributed by atoms with Gasteiger partial charge in [-0.25, -0.2) is 0 Å². The zero-order chi connectivity index (χ0) is 26.7. The Morgan fingerprint density at radius 2 is 1.45 bits per heavy atom. The van der Waals surface area contributed by atoms with Crippen molar-refractivity contribution in [1.29, 1.82) is 0 Å². The normalized spacial score (nSPS) is 18.0. The van der Waals surface area contributed by atoms with Crippen LogP contribution in [0.5, 0.6) is 0 Å². The third-order valence-electron chi connectivity index (χ3n) is 7.52. The van der Waals surface area contributed by atoms with Crippen LogP contribution in [0.4, 0.5) is 0 Å². The number of carbonyl (C=O) groups excluding carboxylic acids is 2. The van der Waals surface area contributed by atoms with E-state index in [-0.39, 0.29) is 18.1 Å². The van der Waals surface area contributed by atoms with Gasteiger partial charge in [-0.2, -0.15) is 4.55 Å². The molecule has 2 aliphatic heterocycles. The Bertz CT molecular complexity index is 1350. The zero-order valence-corrected chi connectivity index (χ0v) is 22.5. The summed E-state index contributed by atoms with van der Waals surface area (Å²) in [5.41, 5.74) is 5.48. The van der Waals surface area contributed by atoms with Gasteiger partial charge in [0.2, 0.25) is 10.8 Å². The second-order valence-corrected chi connectivity index (χ2v) is 12.1. The van der Waals surface area contributed by atoms with E-state index in [1.54, 1.807) is 29.2 Å². The molecule has 3 aromatic rings. The summed E-state index contributed by atoms with van der Waals surface area (Å²) in [6.45, 7) is 5.90. The Morgan fingerprint density at radius 3 is 2.11 bits per heavy atom. The van der Waals surface area contributed by atoms with Crippen LogP contribution in [0.3, 0.4) is 0 Å². The summed E-state index contributed by atoms with van der Waals surface area (Å²) in [7, 11) is -3.39. The summed E-state index contributed by atoms with van der Waals surface area (Å²) in [6, 6.07) is 23.2. The number of amides is 1. The lowest BCUT2D eigenvalue weighted by Gasteiger charge is -2.31. The molecule has 1 N–H and O–H groups in total. The third kappa shape index (κ3) is 5.94. The quantitative estimate of drug-likeness (QED) is 0.366. The van der Waals surface area contributed by atoms with Gasteiger partial charge in [-0.1, -0.05) is 65.0 Å². The lowest BCUT2D eigenvalue weighted by molar-refractivity contribution is -0.130. The Morgan fingerprint density at radius 1 is 0.816 bits per heavy atom. The highest BCUT2D eigenvalue weighted by Crippen LogP contribution is 2.24. The summed E-state index contributed by atoms with van der Waals surface area (Å²) in [5.74, 6) is -0.00723. The van der Waals surface area contributed by atoms with E-state index < -0.39 is 10.4 Å². The van der Waals surface area contributed by atoms with Crippen LogP contribution in [0.2, 0.25) is 0 Å². The maximum Gasteiger partial charge on any atom is 0.325 e. The number of hydrogen-bond donors (Lipinski definition) is 1. The molecule has 1 atom stereocenters. The minimum atomic E-state index is -3.39. The Hall–Kier alpha value is -3.17. The summed E-state index contributed by atoms with van der Waals surface area (Å²) in [5, 5.41) is 0. The fourth-order valence-electron chi connectivity index (χ4n) is 5.21. The topological polar surface area (TPSA) is 81.2 Å². The van der Waals surface area contributed by atoms with Crippen molar-refractivity contribution in [1.82, 2.24) is 14.1 Å². The van der Waals surface area contributed by atoms with Crippen molar-refractivity contribution in [2.75, 3.05) is 32.7 Å². The molecule has 2 heterocycles. The van der Waals surface area contributed by atoms with Gasteiger partial charge < -0.3 is 4.90 Å². The number of rotatable bonds is 7. The van der Waals surface area contributed by atoms with Gasteiger partial charge in [0.25, 0.3) is 0 Å². The summed E-state index contributed by atoms with van der Waals surface area (Å²) in [4.78, 5) is 28.9. The van der Waals surface area contributed by atoms with E-state index in [4.69, 9.17) is 0 Å². The smallest absolute Gasteiger partial charge is 0.325 e. The highest BCUT2D eigenvalue weighted by atomic mass is 32.3. The first-order valence-corrected chi connectivity index (χ1v) is 14.5. The maximum atomic E-state index is 13.1. The Balaban J connectivity index is 1.16.